The second-order valence-electron chi connectivity index (χ2n) is 4.42. The average molecular weight is 326 g/mol. The van der Waals surface area contributed by atoms with Gasteiger partial charge < -0.3 is 4.74 Å². The van der Waals surface area contributed by atoms with Gasteiger partial charge in [0.1, 0.15) is 6.54 Å². The van der Waals surface area contributed by atoms with E-state index in [2.05, 4.69) is 15.9 Å². The van der Waals surface area contributed by atoms with Crippen LogP contribution >= 0.6 is 15.9 Å². The van der Waals surface area contributed by atoms with Gasteiger partial charge in [-0.3, -0.25) is 19.3 Å². The lowest BCUT2D eigenvalue weighted by atomic mass is 10.1. The van der Waals surface area contributed by atoms with Crippen LogP contribution in [-0.2, 0) is 14.3 Å². The summed E-state index contributed by atoms with van der Waals surface area (Å²) < 4.78 is 5.69. The number of esters is 1. The fourth-order valence-corrected chi connectivity index (χ4v) is 2.22. The number of nitrogens with zero attached hydrogens (tertiary/aromatic N) is 1. The van der Waals surface area contributed by atoms with Crippen LogP contribution in [0.4, 0.5) is 5.69 Å². The fraction of sp³-hybridized carbons (Fsp3) is 0.308. The van der Waals surface area contributed by atoms with Gasteiger partial charge in [-0.25, -0.2) is 0 Å². The third-order valence-corrected chi connectivity index (χ3v) is 3.08. The molecule has 0 unspecified atom stereocenters. The number of ketones is 1. The van der Waals surface area contributed by atoms with Gasteiger partial charge >= 0.3 is 5.97 Å². The van der Waals surface area contributed by atoms with Crippen LogP contribution in [-0.4, -0.2) is 30.3 Å². The lowest BCUT2D eigenvalue weighted by molar-refractivity contribution is -0.146. The molecule has 1 aromatic rings. The van der Waals surface area contributed by atoms with Crippen LogP contribution in [0.15, 0.2) is 22.7 Å². The van der Waals surface area contributed by atoms with Crippen molar-refractivity contribution in [2.45, 2.75) is 20.0 Å². The van der Waals surface area contributed by atoms with Crippen molar-refractivity contribution in [3.63, 3.8) is 0 Å². The third-order valence-electron chi connectivity index (χ3n) is 2.59. The molecular formula is C13H12BrNO4. The zero-order valence-corrected chi connectivity index (χ0v) is 12.1. The van der Waals surface area contributed by atoms with Crippen LogP contribution in [0.5, 0.6) is 0 Å². The number of anilines is 1. The quantitative estimate of drug-likeness (QED) is 0.629. The molecule has 1 aliphatic heterocycles. The van der Waals surface area contributed by atoms with E-state index in [-0.39, 0.29) is 12.6 Å². The lowest BCUT2D eigenvalue weighted by Crippen LogP contribution is -2.36. The Morgan fingerprint density at radius 3 is 2.68 bits per heavy atom. The summed E-state index contributed by atoms with van der Waals surface area (Å²) in [5.74, 6) is -1.84. The molecule has 0 bridgehead atoms. The number of benzene rings is 1. The highest BCUT2D eigenvalue weighted by molar-refractivity contribution is 9.10. The first-order valence-corrected chi connectivity index (χ1v) is 6.54. The van der Waals surface area contributed by atoms with Crippen molar-refractivity contribution < 1.29 is 19.1 Å². The fourth-order valence-electron chi connectivity index (χ4n) is 1.86. The Labute approximate surface area is 118 Å². The molecular weight excluding hydrogens is 314 g/mol. The predicted molar refractivity (Wildman–Crippen MR) is 72.1 cm³/mol. The summed E-state index contributed by atoms with van der Waals surface area (Å²) in [7, 11) is 0. The monoisotopic (exact) mass is 325 g/mol. The van der Waals surface area contributed by atoms with Crippen LogP contribution in [0.25, 0.3) is 0 Å². The minimum Gasteiger partial charge on any atom is -0.462 e. The molecule has 0 saturated carbocycles. The normalized spacial score (nSPS) is 14.0. The van der Waals surface area contributed by atoms with E-state index in [4.69, 9.17) is 4.74 Å². The molecule has 100 valence electrons. The van der Waals surface area contributed by atoms with Crippen molar-refractivity contribution in [2.24, 2.45) is 0 Å². The standard InChI is InChI=1S/C13H12BrNO4/c1-7(2)19-11(16)6-15-10-4-3-8(14)5-9(10)12(17)13(15)18/h3-5,7H,6H2,1-2H3. The van der Waals surface area contributed by atoms with E-state index in [1.54, 1.807) is 32.0 Å². The Bertz CT molecular complexity index is 568. The molecule has 0 radical (unpaired) electrons. The Morgan fingerprint density at radius 1 is 1.37 bits per heavy atom. The molecule has 5 nitrogen and oxygen atoms in total. The molecule has 0 atom stereocenters. The number of hydrogen-bond donors (Lipinski definition) is 0. The summed E-state index contributed by atoms with van der Waals surface area (Å²) in [4.78, 5) is 36.4. The molecule has 0 aliphatic carbocycles. The molecule has 0 N–H and O–H groups in total. The molecule has 2 rings (SSSR count). The summed E-state index contributed by atoms with van der Waals surface area (Å²) in [5, 5.41) is 0. The summed E-state index contributed by atoms with van der Waals surface area (Å²) >= 11 is 3.24. The third kappa shape index (κ3) is 2.68. The zero-order valence-electron chi connectivity index (χ0n) is 10.5. The molecule has 19 heavy (non-hydrogen) atoms. The number of Topliss-reactive ketones (excluding diaryl/α,β-unsaturated/α-hetero) is 1. The van der Waals surface area contributed by atoms with Crippen molar-refractivity contribution in [1.82, 2.24) is 0 Å². The molecule has 1 aromatic carbocycles. The van der Waals surface area contributed by atoms with E-state index in [1.807, 2.05) is 0 Å². The maximum absolute atomic E-state index is 11.8. The Balaban J connectivity index is 2.26. The van der Waals surface area contributed by atoms with Crippen molar-refractivity contribution >= 4 is 39.3 Å². The Kier molecular flexibility index (Phi) is 3.71. The molecule has 0 saturated heterocycles. The first kappa shape index (κ1) is 13.7. The second kappa shape index (κ2) is 5.13. The zero-order chi connectivity index (χ0) is 14.2. The van der Waals surface area contributed by atoms with Gasteiger partial charge in [0.05, 0.1) is 17.4 Å². The smallest absolute Gasteiger partial charge is 0.326 e. The van der Waals surface area contributed by atoms with Crippen LogP contribution < -0.4 is 4.90 Å². The van der Waals surface area contributed by atoms with Gasteiger partial charge in [0.25, 0.3) is 11.7 Å². The van der Waals surface area contributed by atoms with Crippen LogP contribution in [0.1, 0.15) is 24.2 Å². The number of fused-ring (bicyclic) bond motifs is 1. The predicted octanol–water partition coefficient (Wildman–Crippen LogP) is 1.93. The molecule has 1 aliphatic rings. The summed E-state index contributed by atoms with van der Waals surface area (Å²) in [5.41, 5.74) is 0.746. The maximum atomic E-state index is 11.8. The van der Waals surface area contributed by atoms with Gasteiger partial charge in [-0.15, -0.1) is 0 Å². The number of carbonyl (C=O) groups excluding carboxylic acids is 3. The Hall–Kier alpha value is -1.69. The van der Waals surface area contributed by atoms with Gasteiger partial charge in [-0.1, -0.05) is 15.9 Å². The summed E-state index contributed by atoms with van der Waals surface area (Å²) in [6, 6.07) is 4.92. The molecule has 1 amide bonds. The maximum Gasteiger partial charge on any atom is 0.326 e. The highest BCUT2D eigenvalue weighted by Crippen LogP contribution is 2.31. The van der Waals surface area contributed by atoms with Crippen molar-refractivity contribution in [3.8, 4) is 0 Å². The first-order valence-electron chi connectivity index (χ1n) is 5.75. The van der Waals surface area contributed by atoms with Gasteiger partial charge in [0.2, 0.25) is 0 Å². The number of hydrogen-bond acceptors (Lipinski definition) is 4. The number of halogens is 1. The second-order valence-corrected chi connectivity index (χ2v) is 5.34. The minimum atomic E-state index is -0.700. The minimum absolute atomic E-state index is 0.253. The number of rotatable bonds is 3. The van der Waals surface area contributed by atoms with E-state index in [0.29, 0.717) is 15.7 Å². The van der Waals surface area contributed by atoms with Gasteiger partial charge in [-0.2, -0.15) is 0 Å². The number of carbonyl (C=O) groups is 3. The number of ether oxygens (including phenoxy) is 1. The average Bonchev–Trinajstić information content (AvgIpc) is 2.53. The van der Waals surface area contributed by atoms with Crippen LogP contribution in [0, 0.1) is 0 Å². The van der Waals surface area contributed by atoms with Crippen molar-refractivity contribution in [2.75, 3.05) is 11.4 Å². The molecule has 0 aromatic heterocycles. The summed E-state index contributed by atoms with van der Waals surface area (Å²) in [6.07, 6.45) is -0.259. The van der Waals surface area contributed by atoms with E-state index >= 15 is 0 Å². The summed E-state index contributed by atoms with van der Waals surface area (Å²) in [6.45, 7) is 3.19. The highest BCUT2D eigenvalue weighted by atomic mass is 79.9. The largest absolute Gasteiger partial charge is 0.462 e. The van der Waals surface area contributed by atoms with E-state index < -0.39 is 17.7 Å². The van der Waals surface area contributed by atoms with Gasteiger partial charge in [0, 0.05) is 4.47 Å². The van der Waals surface area contributed by atoms with Crippen LogP contribution in [0.2, 0.25) is 0 Å². The Morgan fingerprint density at radius 2 is 2.05 bits per heavy atom. The van der Waals surface area contributed by atoms with E-state index in [1.165, 1.54) is 0 Å². The lowest BCUT2D eigenvalue weighted by Gasteiger charge is -2.16. The van der Waals surface area contributed by atoms with Crippen molar-refractivity contribution in [3.05, 3.63) is 28.2 Å². The number of amides is 1. The van der Waals surface area contributed by atoms with E-state index in [0.717, 1.165) is 4.90 Å². The van der Waals surface area contributed by atoms with E-state index in [9.17, 15) is 14.4 Å². The van der Waals surface area contributed by atoms with Gasteiger partial charge in [0.15, 0.2) is 0 Å². The SMILES string of the molecule is CC(C)OC(=O)CN1C(=O)C(=O)c2cc(Br)ccc21. The molecule has 0 fully saturated rings. The first-order chi connectivity index (χ1) is 8.90. The van der Waals surface area contributed by atoms with Crippen molar-refractivity contribution in [1.29, 1.82) is 0 Å². The molecule has 1 heterocycles. The molecule has 6 heteroatoms. The van der Waals surface area contributed by atoms with Gasteiger partial charge in [-0.05, 0) is 32.0 Å². The topological polar surface area (TPSA) is 63.7 Å². The molecule has 0 spiro atoms. The highest BCUT2D eigenvalue weighted by Gasteiger charge is 2.37. The van der Waals surface area contributed by atoms with Crippen LogP contribution in [0.3, 0.4) is 0 Å².